The monoisotopic (exact) mass is 197 g/mol. The maximum absolute atomic E-state index is 11.0. The smallest absolute Gasteiger partial charge is 0.308 e. The third-order valence-corrected chi connectivity index (χ3v) is 3.86. The lowest BCUT2D eigenvalue weighted by molar-refractivity contribution is -0.144. The van der Waals surface area contributed by atoms with E-state index in [4.69, 9.17) is 5.11 Å². The Morgan fingerprint density at radius 3 is 2.79 bits per heavy atom. The van der Waals surface area contributed by atoms with E-state index in [1.54, 1.807) is 0 Å². The first-order chi connectivity index (χ1) is 6.68. The molecule has 3 heteroatoms. The van der Waals surface area contributed by atoms with Gasteiger partial charge in [-0.05, 0) is 32.1 Å². The molecule has 2 rings (SSSR count). The summed E-state index contributed by atoms with van der Waals surface area (Å²) >= 11 is 0. The van der Waals surface area contributed by atoms with E-state index in [9.17, 15) is 4.79 Å². The molecule has 0 radical (unpaired) electrons. The summed E-state index contributed by atoms with van der Waals surface area (Å²) in [4.78, 5) is 11.0. The number of hydrogen-bond acceptors (Lipinski definition) is 2. The fraction of sp³-hybridized carbons (Fsp3) is 0.909. The molecule has 0 aromatic heterocycles. The van der Waals surface area contributed by atoms with Gasteiger partial charge in [0, 0.05) is 12.1 Å². The van der Waals surface area contributed by atoms with Gasteiger partial charge in [-0.2, -0.15) is 0 Å². The summed E-state index contributed by atoms with van der Waals surface area (Å²) in [6.07, 6.45) is 5.92. The van der Waals surface area contributed by atoms with E-state index in [-0.39, 0.29) is 12.0 Å². The summed E-state index contributed by atoms with van der Waals surface area (Å²) in [5, 5.41) is 12.5. The van der Waals surface area contributed by atoms with Crippen molar-refractivity contribution in [3.05, 3.63) is 0 Å². The molecule has 2 fully saturated rings. The van der Waals surface area contributed by atoms with Crippen LogP contribution in [-0.2, 0) is 4.79 Å². The van der Waals surface area contributed by atoms with Gasteiger partial charge >= 0.3 is 5.97 Å². The van der Waals surface area contributed by atoms with Gasteiger partial charge in [-0.25, -0.2) is 0 Å². The first kappa shape index (κ1) is 9.97. The van der Waals surface area contributed by atoms with Crippen LogP contribution in [-0.4, -0.2) is 23.2 Å². The lowest BCUT2D eigenvalue weighted by atomic mass is 9.74. The third-order valence-electron chi connectivity index (χ3n) is 3.86. The number of hydrogen-bond donors (Lipinski definition) is 2. The van der Waals surface area contributed by atoms with Crippen molar-refractivity contribution >= 4 is 5.97 Å². The second-order valence-electron chi connectivity index (χ2n) is 4.79. The van der Waals surface area contributed by atoms with Crippen LogP contribution in [0.2, 0.25) is 0 Å². The molecule has 2 aliphatic rings. The van der Waals surface area contributed by atoms with Crippen molar-refractivity contribution in [2.24, 2.45) is 11.8 Å². The standard InChI is InChI=1S/C11H19NO2/c1-7-9(11(13)14)6-8-4-2-3-5-10(8)12-7/h7-10,12H,2-6H2,1H3,(H,13,14). The van der Waals surface area contributed by atoms with Crippen LogP contribution in [0.25, 0.3) is 0 Å². The Morgan fingerprint density at radius 2 is 2.07 bits per heavy atom. The maximum Gasteiger partial charge on any atom is 0.308 e. The van der Waals surface area contributed by atoms with Crippen LogP contribution in [0.3, 0.4) is 0 Å². The summed E-state index contributed by atoms with van der Waals surface area (Å²) < 4.78 is 0. The molecular formula is C11H19NO2. The highest BCUT2D eigenvalue weighted by atomic mass is 16.4. The van der Waals surface area contributed by atoms with Crippen molar-refractivity contribution in [3.63, 3.8) is 0 Å². The highest BCUT2D eigenvalue weighted by Crippen LogP contribution is 2.34. The number of piperidine rings is 1. The highest BCUT2D eigenvalue weighted by molar-refractivity contribution is 5.71. The third kappa shape index (κ3) is 1.78. The molecule has 1 aliphatic heterocycles. The van der Waals surface area contributed by atoms with Crippen LogP contribution >= 0.6 is 0 Å². The van der Waals surface area contributed by atoms with E-state index in [0.717, 1.165) is 6.42 Å². The fourth-order valence-electron chi connectivity index (χ4n) is 3.01. The van der Waals surface area contributed by atoms with E-state index >= 15 is 0 Å². The van der Waals surface area contributed by atoms with E-state index in [1.807, 2.05) is 6.92 Å². The molecule has 0 spiro atoms. The van der Waals surface area contributed by atoms with E-state index < -0.39 is 5.97 Å². The molecule has 1 saturated heterocycles. The zero-order valence-corrected chi connectivity index (χ0v) is 8.70. The average molecular weight is 197 g/mol. The summed E-state index contributed by atoms with van der Waals surface area (Å²) in [6.45, 7) is 2.00. The number of aliphatic carboxylic acids is 1. The Labute approximate surface area is 84.9 Å². The SMILES string of the molecule is CC1NC2CCCCC2CC1C(=O)O. The largest absolute Gasteiger partial charge is 0.481 e. The van der Waals surface area contributed by atoms with Gasteiger partial charge < -0.3 is 10.4 Å². The molecule has 0 aromatic carbocycles. The molecule has 2 N–H and O–H groups in total. The molecule has 0 bridgehead atoms. The van der Waals surface area contributed by atoms with E-state index in [0.29, 0.717) is 12.0 Å². The predicted molar refractivity (Wildman–Crippen MR) is 54.1 cm³/mol. The minimum atomic E-state index is -0.631. The van der Waals surface area contributed by atoms with Crippen molar-refractivity contribution < 1.29 is 9.90 Å². The fourth-order valence-corrected chi connectivity index (χ4v) is 3.01. The summed E-state index contributed by atoms with van der Waals surface area (Å²) in [7, 11) is 0. The van der Waals surface area contributed by atoms with Crippen LogP contribution in [0.1, 0.15) is 39.0 Å². The molecule has 80 valence electrons. The zero-order valence-electron chi connectivity index (χ0n) is 8.70. The summed E-state index contributed by atoms with van der Waals surface area (Å²) in [5.41, 5.74) is 0. The zero-order chi connectivity index (χ0) is 10.1. The van der Waals surface area contributed by atoms with Crippen molar-refractivity contribution in [1.82, 2.24) is 5.32 Å². The van der Waals surface area contributed by atoms with Crippen molar-refractivity contribution in [1.29, 1.82) is 0 Å². The van der Waals surface area contributed by atoms with E-state index in [1.165, 1.54) is 25.7 Å². The Kier molecular flexibility index (Phi) is 2.77. The first-order valence-corrected chi connectivity index (χ1v) is 5.67. The van der Waals surface area contributed by atoms with Gasteiger partial charge in [-0.3, -0.25) is 4.79 Å². The maximum atomic E-state index is 11.0. The molecule has 0 amide bonds. The van der Waals surface area contributed by atoms with Crippen molar-refractivity contribution in [2.45, 2.75) is 51.1 Å². The number of fused-ring (bicyclic) bond motifs is 1. The number of nitrogens with one attached hydrogen (secondary N) is 1. The molecule has 1 aliphatic carbocycles. The summed E-state index contributed by atoms with van der Waals surface area (Å²) in [6, 6.07) is 0.737. The Balaban J connectivity index is 2.03. The van der Waals surface area contributed by atoms with Gasteiger partial charge in [0.05, 0.1) is 5.92 Å². The lowest BCUT2D eigenvalue weighted by Crippen LogP contribution is -2.53. The molecule has 14 heavy (non-hydrogen) atoms. The molecule has 3 nitrogen and oxygen atoms in total. The number of carboxylic acid groups (broad SMARTS) is 1. The van der Waals surface area contributed by atoms with Gasteiger partial charge in [0.2, 0.25) is 0 Å². The Bertz CT molecular complexity index is 229. The van der Waals surface area contributed by atoms with Crippen LogP contribution in [0.4, 0.5) is 0 Å². The van der Waals surface area contributed by atoms with Crippen LogP contribution in [0, 0.1) is 11.8 Å². The molecule has 1 heterocycles. The molecule has 0 aromatic rings. The highest BCUT2D eigenvalue weighted by Gasteiger charge is 2.38. The Hall–Kier alpha value is -0.570. The molecular weight excluding hydrogens is 178 g/mol. The number of carbonyl (C=O) groups is 1. The number of rotatable bonds is 1. The second-order valence-corrected chi connectivity index (χ2v) is 4.79. The van der Waals surface area contributed by atoms with Crippen LogP contribution in [0.15, 0.2) is 0 Å². The topological polar surface area (TPSA) is 49.3 Å². The minimum Gasteiger partial charge on any atom is -0.481 e. The predicted octanol–water partition coefficient (Wildman–Crippen LogP) is 1.63. The minimum absolute atomic E-state index is 0.145. The van der Waals surface area contributed by atoms with Crippen molar-refractivity contribution in [3.8, 4) is 0 Å². The normalized spacial score (nSPS) is 42.9. The molecule has 4 atom stereocenters. The second kappa shape index (κ2) is 3.89. The van der Waals surface area contributed by atoms with Crippen LogP contribution < -0.4 is 5.32 Å². The van der Waals surface area contributed by atoms with Gasteiger partial charge in [0.25, 0.3) is 0 Å². The van der Waals surface area contributed by atoms with Gasteiger partial charge in [-0.1, -0.05) is 12.8 Å². The van der Waals surface area contributed by atoms with E-state index in [2.05, 4.69) is 5.32 Å². The number of carboxylic acids is 1. The quantitative estimate of drug-likeness (QED) is 0.671. The van der Waals surface area contributed by atoms with Gasteiger partial charge in [-0.15, -0.1) is 0 Å². The lowest BCUT2D eigenvalue weighted by Gasteiger charge is -2.42. The molecule has 4 unspecified atom stereocenters. The Morgan fingerprint density at radius 1 is 1.36 bits per heavy atom. The first-order valence-electron chi connectivity index (χ1n) is 5.67. The molecule has 1 saturated carbocycles. The van der Waals surface area contributed by atoms with Crippen LogP contribution in [0.5, 0.6) is 0 Å². The van der Waals surface area contributed by atoms with Gasteiger partial charge in [0.15, 0.2) is 0 Å². The van der Waals surface area contributed by atoms with Crippen molar-refractivity contribution in [2.75, 3.05) is 0 Å². The summed E-state index contributed by atoms with van der Waals surface area (Å²) in [5.74, 6) is -0.190. The van der Waals surface area contributed by atoms with Gasteiger partial charge in [0.1, 0.15) is 0 Å². The average Bonchev–Trinajstić information content (AvgIpc) is 2.16.